The van der Waals surface area contributed by atoms with Gasteiger partial charge in [-0.3, -0.25) is 0 Å². The average Bonchev–Trinajstić information content (AvgIpc) is 2.85. The van der Waals surface area contributed by atoms with Gasteiger partial charge in [-0.1, -0.05) is 11.6 Å². The summed E-state index contributed by atoms with van der Waals surface area (Å²) in [6.07, 6.45) is 3.44. The second-order valence-corrected chi connectivity index (χ2v) is 7.02. The number of nitrogens with one attached hydrogen (secondary N) is 1. The first-order valence-electron chi connectivity index (χ1n) is 8.29. The molecule has 0 atom stereocenters. The molecule has 3 rings (SSSR count). The van der Waals surface area contributed by atoms with Crippen LogP contribution in [0.25, 0.3) is 10.9 Å². The molecule has 0 spiro atoms. The van der Waals surface area contributed by atoms with E-state index in [1.807, 2.05) is 0 Å². The number of aromatic nitrogens is 1. The quantitative estimate of drug-likeness (QED) is 0.928. The molecule has 4 heteroatoms. The first-order valence-corrected chi connectivity index (χ1v) is 8.66. The summed E-state index contributed by atoms with van der Waals surface area (Å²) in [5.41, 5.74) is 3.88. The fourth-order valence-corrected chi connectivity index (χ4v) is 3.45. The van der Waals surface area contributed by atoms with Crippen molar-refractivity contribution in [2.45, 2.75) is 33.2 Å². The molecule has 0 saturated carbocycles. The van der Waals surface area contributed by atoms with Crippen molar-refractivity contribution in [3.63, 3.8) is 0 Å². The molecule has 1 aliphatic rings. The highest BCUT2D eigenvalue weighted by atomic mass is 35.5. The van der Waals surface area contributed by atoms with Gasteiger partial charge in [-0.2, -0.15) is 0 Å². The summed E-state index contributed by atoms with van der Waals surface area (Å²) < 4.78 is 2.35. The predicted molar refractivity (Wildman–Crippen MR) is 95.1 cm³/mol. The molecule has 1 aromatic carbocycles. The molecule has 3 nitrogen and oxygen atoms in total. The van der Waals surface area contributed by atoms with E-state index in [0.717, 1.165) is 44.2 Å². The SMILES string of the molecule is Cc1cc2c(CCN3CCNCC3)cn(C(C)C)c2cc1Cl. The molecule has 1 fully saturated rings. The molecule has 1 N–H and O–H groups in total. The Morgan fingerprint density at radius 3 is 2.64 bits per heavy atom. The summed E-state index contributed by atoms with van der Waals surface area (Å²) in [4.78, 5) is 2.55. The zero-order chi connectivity index (χ0) is 15.7. The maximum atomic E-state index is 6.34. The van der Waals surface area contributed by atoms with Gasteiger partial charge in [0.05, 0.1) is 5.52 Å². The van der Waals surface area contributed by atoms with Gasteiger partial charge in [-0.15, -0.1) is 0 Å². The standard InChI is InChI=1S/C18H26ClN3/c1-13(2)22-12-15(4-7-21-8-5-20-6-9-21)16-10-14(3)17(19)11-18(16)22/h10-13,20H,4-9H2,1-3H3. The summed E-state index contributed by atoms with van der Waals surface area (Å²) >= 11 is 6.34. The van der Waals surface area contributed by atoms with Gasteiger partial charge < -0.3 is 14.8 Å². The summed E-state index contributed by atoms with van der Waals surface area (Å²) in [5, 5.41) is 5.64. The fourth-order valence-electron chi connectivity index (χ4n) is 3.29. The Hall–Kier alpha value is -1.03. The molecule has 22 heavy (non-hydrogen) atoms. The molecular formula is C18H26ClN3. The first-order chi connectivity index (χ1) is 10.6. The minimum absolute atomic E-state index is 0.453. The Balaban J connectivity index is 1.89. The lowest BCUT2D eigenvalue weighted by atomic mass is 10.1. The summed E-state index contributed by atoms with van der Waals surface area (Å²) in [6.45, 7) is 12.2. The summed E-state index contributed by atoms with van der Waals surface area (Å²) in [5.74, 6) is 0. The molecule has 1 saturated heterocycles. The van der Waals surface area contributed by atoms with E-state index >= 15 is 0 Å². The number of aryl methyl sites for hydroxylation is 1. The lowest BCUT2D eigenvalue weighted by molar-refractivity contribution is 0.244. The minimum atomic E-state index is 0.453. The van der Waals surface area contributed by atoms with Gasteiger partial charge in [0.2, 0.25) is 0 Å². The second kappa shape index (κ2) is 6.61. The number of piperazine rings is 1. The molecule has 0 bridgehead atoms. The van der Waals surface area contributed by atoms with Crippen LogP contribution >= 0.6 is 11.6 Å². The third kappa shape index (κ3) is 3.17. The van der Waals surface area contributed by atoms with E-state index in [9.17, 15) is 0 Å². The number of nitrogens with zero attached hydrogens (tertiary/aromatic N) is 2. The maximum absolute atomic E-state index is 6.34. The van der Waals surface area contributed by atoms with Crippen LogP contribution in [-0.2, 0) is 6.42 Å². The van der Waals surface area contributed by atoms with Crippen LogP contribution in [0, 0.1) is 6.92 Å². The van der Waals surface area contributed by atoms with Crippen molar-refractivity contribution in [2.24, 2.45) is 0 Å². The van der Waals surface area contributed by atoms with Gasteiger partial charge in [-0.05, 0) is 50.5 Å². The predicted octanol–water partition coefficient (Wildman–Crippen LogP) is 3.63. The van der Waals surface area contributed by atoms with Crippen molar-refractivity contribution in [2.75, 3.05) is 32.7 Å². The van der Waals surface area contributed by atoms with Gasteiger partial charge >= 0.3 is 0 Å². The van der Waals surface area contributed by atoms with Crippen LogP contribution in [0.2, 0.25) is 5.02 Å². The van der Waals surface area contributed by atoms with Crippen molar-refractivity contribution in [1.29, 1.82) is 0 Å². The number of hydrogen-bond acceptors (Lipinski definition) is 2. The zero-order valence-electron chi connectivity index (χ0n) is 13.8. The van der Waals surface area contributed by atoms with E-state index < -0.39 is 0 Å². The topological polar surface area (TPSA) is 20.2 Å². The molecule has 1 aromatic heterocycles. The maximum Gasteiger partial charge on any atom is 0.0500 e. The monoisotopic (exact) mass is 319 g/mol. The Morgan fingerprint density at radius 2 is 1.95 bits per heavy atom. The van der Waals surface area contributed by atoms with Crippen molar-refractivity contribution in [1.82, 2.24) is 14.8 Å². The molecule has 0 amide bonds. The van der Waals surface area contributed by atoms with E-state index in [1.165, 1.54) is 22.0 Å². The molecule has 2 aromatic rings. The summed E-state index contributed by atoms with van der Waals surface area (Å²) in [7, 11) is 0. The third-order valence-electron chi connectivity index (χ3n) is 4.66. The van der Waals surface area contributed by atoms with Crippen LogP contribution in [0.3, 0.4) is 0 Å². The van der Waals surface area contributed by atoms with Gasteiger partial charge in [0, 0.05) is 55.4 Å². The van der Waals surface area contributed by atoms with Gasteiger partial charge in [0.15, 0.2) is 0 Å². The normalized spacial score (nSPS) is 16.8. The van der Waals surface area contributed by atoms with E-state index in [1.54, 1.807) is 0 Å². The van der Waals surface area contributed by atoms with E-state index in [0.29, 0.717) is 6.04 Å². The van der Waals surface area contributed by atoms with Gasteiger partial charge in [-0.25, -0.2) is 0 Å². The van der Waals surface area contributed by atoms with Crippen LogP contribution in [0.15, 0.2) is 18.3 Å². The van der Waals surface area contributed by atoms with E-state index in [-0.39, 0.29) is 0 Å². The minimum Gasteiger partial charge on any atom is -0.345 e. The van der Waals surface area contributed by atoms with Crippen molar-refractivity contribution in [3.8, 4) is 0 Å². The number of halogens is 1. The Labute approximate surface area is 138 Å². The molecule has 0 unspecified atom stereocenters. The van der Waals surface area contributed by atoms with Gasteiger partial charge in [0.25, 0.3) is 0 Å². The molecule has 1 aliphatic heterocycles. The highest BCUT2D eigenvalue weighted by molar-refractivity contribution is 6.32. The van der Waals surface area contributed by atoms with Crippen molar-refractivity contribution in [3.05, 3.63) is 34.5 Å². The largest absolute Gasteiger partial charge is 0.345 e. The van der Waals surface area contributed by atoms with Gasteiger partial charge in [0.1, 0.15) is 0 Å². The lowest BCUT2D eigenvalue weighted by Gasteiger charge is -2.26. The molecular weight excluding hydrogens is 294 g/mol. The van der Waals surface area contributed by atoms with Crippen molar-refractivity contribution < 1.29 is 0 Å². The fraction of sp³-hybridized carbons (Fsp3) is 0.556. The Kier molecular flexibility index (Phi) is 4.76. The van der Waals surface area contributed by atoms with E-state index in [2.05, 4.69) is 53.9 Å². The number of benzene rings is 1. The van der Waals surface area contributed by atoms with Crippen LogP contribution in [0.4, 0.5) is 0 Å². The summed E-state index contributed by atoms with van der Waals surface area (Å²) in [6, 6.07) is 4.83. The van der Waals surface area contributed by atoms with Crippen LogP contribution in [0.1, 0.15) is 31.0 Å². The highest BCUT2D eigenvalue weighted by Crippen LogP contribution is 2.30. The molecule has 0 radical (unpaired) electrons. The molecule has 2 heterocycles. The molecule has 120 valence electrons. The van der Waals surface area contributed by atoms with Crippen LogP contribution in [0.5, 0.6) is 0 Å². The smallest absolute Gasteiger partial charge is 0.0500 e. The molecule has 0 aliphatic carbocycles. The zero-order valence-corrected chi connectivity index (χ0v) is 14.6. The van der Waals surface area contributed by atoms with Crippen LogP contribution in [-0.4, -0.2) is 42.2 Å². The van der Waals surface area contributed by atoms with E-state index in [4.69, 9.17) is 11.6 Å². The third-order valence-corrected chi connectivity index (χ3v) is 5.07. The number of hydrogen-bond donors (Lipinski definition) is 1. The average molecular weight is 320 g/mol. The first kappa shape index (κ1) is 15.9. The van der Waals surface area contributed by atoms with Crippen molar-refractivity contribution >= 4 is 22.5 Å². The lowest BCUT2D eigenvalue weighted by Crippen LogP contribution is -2.44. The second-order valence-electron chi connectivity index (χ2n) is 6.62. The Morgan fingerprint density at radius 1 is 1.23 bits per heavy atom. The Bertz CT molecular complexity index is 654. The number of rotatable bonds is 4. The number of fused-ring (bicyclic) bond motifs is 1. The highest BCUT2D eigenvalue weighted by Gasteiger charge is 2.15. The van der Waals surface area contributed by atoms with Crippen LogP contribution < -0.4 is 5.32 Å².